The average Bonchev–Trinajstić information content (AvgIpc) is 2.28. The van der Waals surface area contributed by atoms with Gasteiger partial charge in [-0.2, -0.15) is 0 Å². The predicted octanol–water partition coefficient (Wildman–Crippen LogP) is 2.60. The second-order valence-electron chi connectivity index (χ2n) is 4.17. The van der Waals surface area contributed by atoms with Gasteiger partial charge in [0, 0.05) is 10.9 Å². The van der Waals surface area contributed by atoms with Crippen molar-refractivity contribution in [3.63, 3.8) is 0 Å². The summed E-state index contributed by atoms with van der Waals surface area (Å²) in [5, 5.41) is 3.63. The molecule has 0 atom stereocenters. The first kappa shape index (κ1) is 13.0. The molecular formula is C12H16BrNO2. The van der Waals surface area contributed by atoms with Crippen LogP contribution in [0, 0.1) is 0 Å². The Labute approximate surface area is 104 Å². The van der Waals surface area contributed by atoms with Gasteiger partial charge in [0.1, 0.15) is 5.75 Å². The molecule has 0 bridgehead atoms. The first-order valence-corrected chi connectivity index (χ1v) is 6.14. The number of carbonyl (C=O) groups excluding carboxylic acids is 1. The van der Waals surface area contributed by atoms with Crippen molar-refractivity contribution in [1.29, 1.82) is 0 Å². The van der Waals surface area contributed by atoms with E-state index in [1.807, 2.05) is 26.0 Å². The van der Waals surface area contributed by atoms with Crippen LogP contribution < -0.4 is 10.1 Å². The Bertz CT molecular complexity index is 377. The van der Waals surface area contributed by atoms with Gasteiger partial charge in [-0.25, -0.2) is 0 Å². The van der Waals surface area contributed by atoms with Gasteiger partial charge in [0.05, 0.1) is 12.7 Å². The standard InChI is InChI=1S/C12H16BrNO2/c1-12(2,8-13)14-11(15)9-6-4-5-7-10(9)16-3/h4-7H,8H2,1-3H3,(H,14,15). The fourth-order valence-corrected chi connectivity index (χ4v) is 1.38. The van der Waals surface area contributed by atoms with Gasteiger partial charge in [0.25, 0.3) is 5.91 Å². The highest BCUT2D eigenvalue weighted by molar-refractivity contribution is 9.09. The molecular weight excluding hydrogens is 270 g/mol. The second kappa shape index (κ2) is 5.34. The molecule has 0 aliphatic rings. The summed E-state index contributed by atoms with van der Waals surface area (Å²) < 4.78 is 5.14. The summed E-state index contributed by atoms with van der Waals surface area (Å²) in [6.07, 6.45) is 0. The van der Waals surface area contributed by atoms with Crippen LogP contribution in [0.3, 0.4) is 0 Å². The van der Waals surface area contributed by atoms with Gasteiger partial charge in [-0.05, 0) is 26.0 Å². The molecule has 0 heterocycles. The number of amides is 1. The van der Waals surface area contributed by atoms with Gasteiger partial charge in [-0.15, -0.1) is 0 Å². The molecule has 0 spiro atoms. The minimum absolute atomic E-state index is 0.123. The van der Waals surface area contributed by atoms with E-state index in [2.05, 4.69) is 21.2 Å². The van der Waals surface area contributed by atoms with Gasteiger partial charge in [0.2, 0.25) is 0 Å². The number of hydrogen-bond acceptors (Lipinski definition) is 2. The van der Waals surface area contributed by atoms with Crippen molar-refractivity contribution in [3.8, 4) is 5.75 Å². The number of nitrogens with one attached hydrogen (secondary N) is 1. The highest BCUT2D eigenvalue weighted by atomic mass is 79.9. The van der Waals surface area contributed by atoms with E-state index in [1.165, 1.54) is 0 Å². The molecule has 0 fully saturated rings. The van der Waals surface area contributed by atoms with E-state index in [9.17, 15) is 4.79 Å². The molecule has 1 aromatic carbocycles. The first-order chi connectivity index (χ1) is 7.50. The van der Waals surface area contributed by atoms with Crippen LogP contribution in [0.1, 0.15) is 24.2 Å². The largest absolute Gasteiger partial charge is 0.496 e. The summed E-state index contributed by atoms with van der Waals surface area (Å²) in [6, 6.07) is 7.18. The fraction of sp³-hybridized carbons (Fsp3) is 0.417. The minimum Gasteiger partial charge on any atom is -0.496 e. The normalized spacial score (nSPS) is 11.0. The molecule has 0 aromatic heterocycles. The summed E-state index contributed by atoms with van der Waals surface area (Å²) >= 11 is 3.36. The third kappa shape index (κ3) is 3.23. The maximum atomic E-state index is 12.0. The predicted molar refractivity (Wildman–Crippen MR) is 68.3 cm³/mol. The number of methoxy groups -OCH3 is 1. The van der Waals surface area contributed by atoms with Crippen molar-refractivity contribution in [2.75, 3.05) is 12.4 Å². The molecule has 1 aromatic rings. The summed E-state index contributed by atoms with van der Waals surface area (Å²) in [4.78, 5) is 12.0. The summed E-state index contributed by atoms with van der Waals surface area (Å²) in [5.74, 6) is 0.465. The van der Waals surface area contributed by atoms with E-state index in [0.717, 1.165) is 0 Å². The molecule has 0 saturated heterocycles. The van der Waals surface area contributed by atoms with E-state index in [4.69, 9.17) is 4.74 Å². The molecule has 88 valence electrons. The zero-order chi connectivity index (χ0) is 12.2. The number of benzene rings is 1. The maximum absolute atomic E-state index is 12.0. The highest BCUT2D eigenvalue weighted by Crippen LogP contribution is 2.18. The smallest absolute Gasteiger partial charge is 0.255 e. The Balaban J connectivity index is 2.88. The van der Waals surface area contributed by atoms with E-state index in [0.29, 0.717) is 16.6 Å². The van der Waals surface area contributed by atoms with Crippen molar-refractivity contribution in [2.24, 2.45) is 0 Å². The van der Waals surface area contributed by atoms with Crippen molar-refractivity contribution >= 4 is 21.8 Å². The van der Waals surface area contributed by atoms with Crippen molar-refractivity contribution in [1.82, 2.24) is 5.32 Å². The number of hydrogen-bond donors (Lipinski definition) is 1. The van der Waals surface area contributed by atoms with Gasteiger partial charge in [-0.1, -0.05) is 28.1 Å². The lowest BCUT2D eigenvalue weighted by Crippen LogP contribution is -2.44. The third-order valence-corrected chi connectivity index (χ3v) is 3.54. The van der Waals surface area contributed by atoms with Crippen LogP contribution in [-0.4, -0.2) is 23.9 Å². The van der Waals surface area contributed by atoms with Crippen LogP contribution in [0.25, 0.3) is 0 Å². The van der Waals surface area contributed by atoms with Crippen LogP contribution >= 0.6 is 15.9 Å². The Hall–Kier alpha value is -1.03. The number of para-hydroxylation sites is 1. The van der Waals surface area contributed by atoms with E-state index in [-0.39, 0.29) is 11.4 Å². The van der Waals surface area contributed by atoms with Crippen LogP contribution in [0.2, 0.25) is 0 Å². The molecule has 0 unspecified atom stereocenters. The molecule has 0 saturated carbocycles. The molecule has 4 heteroatoms. The van der Waals surface area contributed by atoms with Crippen molar-refractivity contribution in [3.05, 3.63) is 29.8 Å². The number of halogens is 1. The number of carbonyl (C=O) groups is 1. The van der Waals surface area contributed by atoms with Crippen LogP contribution in [0.15, 0.2) is 24.3 Å². The quantitative estimate of drug-likeness (QED) is 0.864. The Morgan fingerprint density at radius 3 is 2.62 bits per heavy atom. The van der Waals surface area contributed by atoms with Gasteiger partial charge in [-0.3, -0.25) is 4.79 Å². The van der Waals surface area contributed by atoms with Crippen LogP contribution in [-0.2, 0) is 0 Å². The lowest BCUT2D eigenvalue weighted by atomic mass is 10.1. The number of ether oxygens (including phenoxy) is 1. The summed E-state index contributed by atoms with van der Waals surface area (Å²) in [5.41, 5.74) is 0.275. The Morgan fingerprint density at radius 1 is 1.44 bits per heavy atom. The molecule has 0 aliphatic carbocycles. The lowest BCUT2D eigenvalue weighted by molar-refractivity contribution is 0.0918. The number of alkyl halides is 1. The van der Waals surface area contributed by atoms with E-state index in [1.54, 1.807) is 19.2 Å². The monoisotopic (exact) mass is 285 g/mol. The highest BCUT2D eigenvalue weighted by Gasteiger charge is 2.21. The minimum atomic E-state index is -0.280. The second-order valence-corrected chi connectivity index (χ2v) is 4.73. The molecule has 0 radical (unpaired) electrons. The van der Waals surface area contributed by atoms with Gasteiger partial charge < -0.3 is 10.1 Å². The summed E-state index contributed by atoms with van der Waals surface area (Å²) in [6.45, 7) is 3.91. The van der Waals surface area contributed by atoms with Crippen LogP contribution in [0.5, 0.6) is 5.75 Å². The van der Waals surface area contributed by atoms with Crippen molar-refractivity contribution in [2.45, 2.75) is 19.4 Å². The Kier molecular flexibility index (Phi) is 4.35. The topological polar surface area (TPSA) is 38.3 Å². The molecule has 16 heavy (non-hydrogen) atoms. The molecule has 1 N–H and O–H groups in total. The third-order valence-electron chi connectivity index (χ3n) is 2.14. The molecule has 1 rings (SSSR count). The van der Waals surface area contributed by atoms with Gasteiger partial charge in [0.15, 0.2) is 0 Å². The average molecular weight is 286 g/mol. The molecule has 0 aliphatic heterocycles. The first-order valence-electron chi connectivity index (χ1n) is 5.01. The molecule has 3 nitrogen and oxygen atoms in total. The SMILES string of the molecule is COc1ccccc1C(=O)NC(C)(C)CBr. The molecule has 1 amide bonds. The van der Waals surface area contributed by atoms with Crippen molar-refractivity contribution < 1.29 is 9.53 Å². The lowest BCUT2D eigenvalue weighted by Gasteiger charge is -2.24. The Morgan fingerprint density at radius 2 is 2.06 bits per heavy atom. The fourth-order valence-electron chi connectivity index (χ4n) is 1.24. The summed E-state index contributed by atoms with van der Waals surface area (Å²) in [7, 11) is 1.56. The number of rotatable bonds is 4. The van der Waals surface area contributed by atoms with Crippen LogP contribution in [0.4, 0.5) is 0 Å². The zero-order valence-corrected chi connectivity index (χ0v) is 11.3. The van der Waals surface area contributed by atoms with Gasteiger partial charge >= 0.3 is 0 Å². The maximum Gasteiger partial charge on any atom is 0.255 e. The van der Waals surface area contributed by atoms with E-state index >= 15 is 0 Å². The zero-order valence-electron chi connectivity index (χ0n) is 9.71. The van der Waals surface area contributed by atoms with E-state index < -0.39 is 0 Å².